The topological polar surface area (TPSA) is 57.0 Å². The third kappa shape index (κ3) is 3.06. The molecule has 0 radical (unpaired) electrons. The van der Waals surface area contributed by atoms with Crippen molar-refractivity contribution in [3.05, 3.63) is 35.2 Å². The molecule has 0 aliphatic heterocycles. The molecule has 130 valence electrons. The zero-order chi connectivity index (χ0) is 17.2. The van der Waals surface area contributed by atoms with Gasteiger partial charge >= 0.3 is 6.09 Å². The minimum absolute atomic E-state index is 0.00399. The SMILES string of the molecule is CCC1CCCCC1OC(=O)n1c(-c2cscn2)nc2ccccc21. The maximum absolute atomic E-state index is 13.0. The van der Waals surface area contributed by atoms with Crippen LogP contribution >= 0.6 is 11.3 Å². The second kappa shape index (κ2) is 6.96. The van der Waals surface area contributed by atoms with E-state index in [0.29, 0.717) is 17.4 Å². The van der Waals surface area contributed by atoms with E-state index >= 15 is 0 Å². The van der Waals surface area contributed by atoms with Gasteiger partial charge in [-0.2, -0.15) is 0 Å². The van der Waals surface area contributed by atoms with Crippen LogP contribution in [0.3, 0.4) is 0 Å². The van der Waals surface area contributed by atoms with E-state index < -0.39 is 0 Å². The number of hydrogen-bond donors (Lipinski definition) is 0. The Morgan fingerprint density at radius 3 is 2.96 bits per heavy atom. The fourth-order valence-electron chi connectivity index (χ4n) is 3.68. The molecule has 0 amide bonds. The number of nitrogens with zero attached hydrogens (tertiary/aromatic N) is 3. The summed E-state index contributed by atoms with van der Waals surface area (Å²) >= 11 is 1.49. The molecule has 1 aliphatic carbocycles. The highest BCUT2D eigenvalue weighted by Gasteiger charge is 2.29. The lowest BCUT2D eigenvalue weighted by Crippen LogP contribution is -2.31. The Balaban J connectivity index is 1.72. The van der Waals surface area contributed by atoms with E-state index in [1.807, 2.05) is 29.6 Å². The second-order valence-corrected chi connectivity index (χ2v) is 7.23. The number of para-hydroxylation sites is 2. The lowest BCUT2D eigenvalue weighted by molar-refractivity contribution is 0.0374. The first-order valence-corrected chi connectivity index (χ1v) is 9.79. The number of thiazole rings is 1. The van der Waals surface area contributed by atoms with Crippen LogP contribution in [0, 0.1) is 5.92 Å². The molecule has 4 rings (SSSR count). The van der Waals surface area contributed by atoms with Gasteiger partial charge in [-0.05, 0) is 43.7 Å². The smallest absolute Gasteiger partial charge is 0.420 e. The van der Waals surface area contributed by atoms with Crippen LogP contribution < -0.4 is 0 Å². The van der Waals surface area contributed by atoms with Crippen LogP contribution in [0.5, 0.6) is 0 Å². The van der Waals surface area contributed by atoms with Crippen molar-refractivity contribution >= 4 is 28.5 Å². The van der Waals surface area contributed by atoms with Crippen LogP contribution in [0.2, 0.25) is 0 Å². The van der Waals surface area contributed by atoms with Crippen LogP contribution in [0.15, 0.2) is 35.2 Å². The first-order chi connectivity index (χ1) is 12.3. The largest absolute Gasteiger partial charge is 0.445 e. The van der Waals surface area contributed by atoms with Crippen LogP contribution in [0.4, 0.5) is 4.79 Å². The van der Waals surface area contributed by atoms with Gasteiger partial charge in [0.1, 0.15) is 11.8 Å². The molecule has 2 heterocycles. The molecule has 0 spiro atoms. The van der Waals surface area contributed by atoms with Crippen molar-refractivity contribution in [3.8, 4) is 11.5 Å². The van der Waals surface area contributed by atoms with Crippen molar-refractivity contribution in [1.82, 2.24) is 14.5 Å². The highest BCUT2D eigenvalue weighted by Crippen LogP contribution is 2.31. The Morgan fingerprint density at radius 1 is 1.32 bits per heavy atom. The van der Waals surface area contributed by atoms with Gasteiger partial charge in [-0.15, -0.1) is 11.3 Å². The predicted molar refractivity (Wildman–Crippen MR) is 98.8 cm³/mol. The lowest BCUT2D eigenvalue weighted by atomic mass is 9.85. The molecule has 2 atom stereocenters. The second-order valence-electron chi connectivity index (χ2n) is 6.51. The van der Waals surface area contributed by atoms with Gasteiger partial charge in [-0.3, -0.25) is 0 Å². The van der Waals surface area contributed by atoms with Gasteiger partial charge in [0.2, 0.25) is 0 Å². The third-order valence-corrected chi connectivity index (χ3v) is 5.61. The number of carbonyl (C=O) groups is 1. The molecule has 0 saturated heterocycles. The highest BCUT2D eigenvalue weighted by molar-refractivity contribution is 7.07. The number of hydrogen-bond acceptors (Lipinski definition) is 5. The van der Waals surface area contributed by atoms with E-state index in [-0.39, 0.29) is 12.2 Å². The molecule has 1 aromatic carbocycles. The molecule has 6 heteroatoms. The van der Waals surface area contributed by atoms with Crippen molar-refractivity contribution in [2.75, 3.05) is 0 Å². The monoisotopic (exact) mass is 355 g/mol. The first kappa shape index (κ1) is 16.3. The minimum atomic E-state index is -0.345. The van der Waals surface area contributed by atoms with Gasteiger partial charge in [0.25, 0.3) is 0 Å². The van der Waals surface area contributed by atoms with Gasteiger partial charge < -0.3 is 4.74 Å². The van der Waals surface area contributed by atoms with Crippen molar-refractivity contribution < 1.29 is 9.53 Å². The maximum Gasteiger partial charge on any atom is 0.420 e. The zero-order valence-electron chi connectivity index (χ0n) is 14.2. The van der Waals surface area contributed by atoms with Crippen LogP contribution in [0.25, 0.3) is 22.6 Å². The lowest BCUT2D eigenvalue weighted by Gasteiger charge is -2.30. The van der Waals surface area contributed by atoms with E-state index in [4.69, 9.17) is 4.74 Å². The highest BCUT2D eigenvalue weighted by atomic mass is 32.1. The fourth-order valence-corrected chi connectivity index (χ4v) is 4.21. The Hall–Kier alpha value is -2.21. The van der Waals surface area contributed by atoms with Gasteiger partial charge in [-0.1, -0.05) is 25.5 Å². The quantitative estimate of drug-likeness (QED) is 0.655. The molecule has 3 aromatic rings. The van der Waals surface area contributed by atoms with Gasteiger partial charge in [0, 0.05) is 5.38 Å². The van der Waals surface area contributed by atoms with E-state index in [9.17, 15) is 4.79 Å². The van der Waals surface area contributed by atoms with E-state index in [1.165, 1.54) is 17.8 Å². The number of fused-ring (bicyclic) bond motifs is 1. The van der Waals surface area contributed by atoms with Gasteiger partial charge in [0.05, 0.1) is 16.5 Å². The molecule has 0 bridgehead atoms. The summed E-state index contributed by atoms with van der Waals surface area (Å²) in [5, 5.41) is 1.90. The number of ether oxygens (including phenoxy) is 1. The van der Waals surface area contributed by atoms with Crippen LogP contribution in [-0.2, 0) is 4.74 Å². The van der Waals surface area contributed by atoms with Crippen molar-refractivity contribution in [2.45, 2.75) is 45.1 Å². The number of imidazole rings is 1. The van der Waals surface area contributed by atoms with Crippen molar-refractivity contribution in [3.63, 3.8) is 0 Å². The Labute approximate surface area is 150 Å². The normalized spacial score (nSPS) is 20.7. The molecule has 1 aliphatic rings. The van der Waals surface area contributed by atoms with Gasteiger partial charge in [-0.25, -0.2) is 19.3 Å². The van der Waals surface area contributed by atoms with Crippen LogP contribution in [-0.4, -0.2) is 26.7 Å². The van der Waals surface area contributed by atoms with E-state index in [1.54, 1.807) is 10.1 Å². The predicted octanol–water partition coefficient (Wildman–Crippen LogP) is 5.11. The standard InChI is InChI=1S/C19H21N3O2S/c1-2-13-7-3-6-10-17(13)24-19(23)22-16-9-5-4-8-14(16)21-18(22)15-11-25-12-20-15/h4-5,8-9,11-13,17H,2-3,6-7,10H2,1H3. The fraction of sp³-hybridized carbons (Fsp3) is 0.421. The summed E-state index contributed by atoms with van der Waals surface area (Å²) in [6.07, 6.45) is 5.13. The molecule has 25 heavy (non-hydrogen) atoms. The third-order valence-electron chi connectivity index (χ3n) is 5.02. The van der Waals surface area contributed by atoms with Gasteiger partial charge in [0.15, 0.2) is 5.82 Å². The summed E-state index contributed by atoms with van der Waals surface area (Å²) in [5.74, 6) is 1.01. The van der Waals surface area contributed by atoms with Crippen molar-refractivity contribution in [2.24, 2.45) is 5.92 Å². The molecule has 5 nitrogen and oxygen atoms in total. The summed E-state index contributed by atoms with van der Waals surface area (Å²) in [7, 11) is 0. The number of rotatable bonds is 3. The molecule has 1 saturated carbocycles. The summed E-state index contributed by atoms with van der Waals surface area (Å²) in [4.78, 5) is 22.0. The molecule has 2 unspecified atom stereocenters. The molecule has 2 aromatic heterocycles. The Kier molecular flexibility index (Phi) is 4.53. The Morgan fingerprint density at radius 2 is 2.16 bits per heavy atom. The zero-order valence-corrected chi connectivity index (χ0v) is 15.0. The first-order valence-electron chi connectivity index (χ1n) is 8.85. The molecular formula is C19H21N3O2S. The summed E-state index contributed by atoms with van der Waals surface area (Å²) in [6.45, 7) is 2.17. The van der Waals surface area contributed by atoms with E-state index in [0.717, 1.165) is 36.7 Å². The summed E-state index contributed by atoms with van der Waals surface area (Å²) in [6, 6.07) is 7.64. The minimum Gasteiger partial charge on any atom is -0.445 e. The number of aromatic nitrogens is 3. The van der Waals surface area contributed by atoms with Crippen LogP contribution in [0.1, 0.15) is 39.0 Å². The summed E-state index contributed by atoms with van der Waals surface area (Å²) < 4.78 is 7.52. The number of carbonyl (C=O) groups excluding carboxylic acids is 1. The summed E-state index contributed by atoms with van der Waals surface area (Å²) in [5.41, 5.74) is 3.99. The van der Waals surface area contributed by atoms with Crippen molar-refractivity contribution in [1.29, 1.82) is 0 Å². The van der Waals surface area contributed by atoms with E-state index in [2.05, 4.69) is 16.9 Å². The average Bonchev–Trinajstić information content (AvgIpc) is 3.29. The molecular weight excluding hydrogens is 334 g/mol. The number of benzene rings is 1. The molecule has 1 fully saturated rings. The average molecular weight is 355 g/mol. The Bertz CT molecular complexity index is 872. The molecule has 0 N–H and O–H groups in total. The maximum atomic E-state index is 13.0.